The second-order valence-corrected chi connectivity index (χ2v) is 15.6. The molecular formula is C40H54N5O6+. The maximum atomic E-state index is 15.3. The van der Waals surface area contributed by atoms with Gasteiger partial charge in [0.15, 0.2) is 5.79 Å². The molecule has 274 valence electrons. The van der Waals surface area contributed by atoms with Crippen molar-refractivity contribution in [3.8, 4) is 0 Å². The Morgan fingerprint density at radius 3 is 2.33 bits per heavy atom. The summed E-state index contributed by atoms with van der Waals surface area (Å²) in [5, 5.41) is 11.2. The summed E-state index contributed by atoms with van der Waals surface area (Å²) in [6.07, 6.45) is 0.333. The Kier molecular flexibility index (Phi) is 10.6. The average molecular weight is 701 g/mol. The third kappa shape index (κ3) is 7.99. The lowest BCUT2D eigenvalue weighted by molar-refractivity contribution is -0.487. The second-order valence-electron chi connectivity index (χ2n) is 15.6. The molecule has 3 aromatic rings. The third-order valence-corrected chi connectivity index (χ3v) is 10.2. The van der Waals surface area contributed by atoms with Gasteiger partial charge in [-0.3, -0.25) is 0 Å². The van der Waals surface area contributed by atoms with E-state index in [0.29, 0.717) is 37.1 Å². The highest BCUT2D eigenvalue weighted by molar-refractivity contribution is 5.78. The zero-order valence-corrected chi connectivity index (χ0v) is 30.5. The van der Waals surface area contributed by atoms with Gasteiger partial charge < -0.3 is 40.6 Å². The molecule has 3 fully saturated rings. The van der Waals surface area contributed by atoms with E-state index >= 15 is 4.79 Å². The first-order chi connectivity index (χ1) is 24.2. The molecule has 3 amide bonds. The van der Waals surface area contributed by atoms with Crippen molar-refractivity contribution < 1.29 is 34.2 Å². The van der Waals surface area contributed by atoms with Crippen LogP contribution in [0.3, 0.4) is 0 Å². The molecule has 6 rings (SSSR count). The molecule has 1 spiro atoms. The van der Waals surface area contributed by atoms with E-state index in [0.717, 1.165) is 23.1 Å². The number of amides is 3. The van der Waals surface area contributed by atoms with Gasteiger partial charge in [-0.2, -0.15) is 4.79 Å². The number of quaternary nitrogens is 1. The number of carbonyl (C=O) groups excluding carboxylic acids is 2. The van der Waals surface area contributed by atoms with Crippen LogP contribution < -0.4 is 16.8 Å². The number of carbonyl (C=O) groups is 2. The van der Waals surface area contributed by atoms with Crippen LogP contribution in [-0.2, 0) is 27.2 Å². The zero-order valence-electron chi connectivity index (χ0n) is 30.5. The summed E-state index contributed by atoms with van der Waals surface area (Å²) < 4.78 is 19.3. The van der Waals surface area contributed by atoms with E-state index in [4.69, 9.17) is 25.7 Å². The van der Waals surface area contributed by atoms with Crippen LogP contribution in [0.25, 0.3) is 0 Å². The molecule has 11 nitrogen and oxygen atoms in total. The molecule has 7 N–H and O–H groups in total. The molecular weight excluding hydrogens is 646 g/mol. The van der Waals surface area contributed by atoms with E-state index in [1.165, 1.54) is 5.32 Å². The van der Waals surface area contributed by atoms with Gasteiger partial charge in [-0.15, -0.1) is 0 Å². The highest BCUT2D eigenvalue weighted by Gasteiger charge is 2.72. The number of aliphatic hydroxyl groups excluding tert-OH is 1. The molecule has 2 heterocycles. The highest BCUT2D eigenvalue weighted by Crippen LogP contribution is 2.63. The molecule has 3 aliphatic rings. The fourth-order valence-corrected chi connectivity index (χ4v) is 7.99. The third-order valence-electron chi connectivity index (χ3n) is 10.2. The highest BCUT2D eigenvalue weighted by atomic mass is 16.8. The van der Waals surface area contributed by atoms with Crippen molar-refractivity contribution in [2.45, 2.75) is 114 Å². The topological polar surface area (TPSA) is 157 Å². The van der Waals surface area contributed by atoms with Gasteiger partial charge in [0, 0.05) is 37.2 Å². The summed E-state index contributed by atoms with van der Waals surface area (Å²) in [6.45, 7) is 10.1. The van der Waals surface area contributed by atoms with E-state index in [1.807, 2.05) is 99.0 Å². The lowest BCUT2D eigenvalue weighted by Gasteiger charge is -2.38. The Hall–Kier alpha value is -3.84. The van der Waals surface area contributed by atoms with Crippen molar-refractivity contribution in [3.63, 3.8) is 0 Å². The fraction of sp³-hybridized carbons (Fsp3) is 0.500. The molecule has 0 bridgehead atoms. The molecule has 1 saturated carbocycles. The number of urea groups is 1. The van der Waals surface area contributed by atoms with Crippen molar-refractivity contribution >= 4 is 17.8 Å². The van der Waals surface area contributed by atoms with Crippen molar-refractivity contribution in [1.82, 2.24) is 9.80 Å². The number of fused-ring (bicyclic) bond motifs is 2. The Morgan fingerprint density at radius 1 is 1.00 bits per heavy atom. The van der Waals surface area contributed by atoms with Gasteiger partial charge in [0.05, 0.1) is 17.7 Å². The largest absolute Gasteiger partial charge is 0.518 e. The first-order valence-corrected chi connectivity index (χ1v) is 18.1. The number of primary amides is 1. The molecule has 0 unspecified atom stereocenters. The number of nitrogens with zero attached hydrogens (tertiary/aromatic N) is 2. The quantitative estimate of drug-likeness (QED) is 0.126. The van der Waals surface area contributed by atoms with E-state index in [1.54, 1.807) is 0 Å². The molecule has 1 aliphatic carbocycles. The maximum absolute atomic E-state index is 15.3. The van der Waals surface area contributed by atoms with Crippen LogP contribution in [0.4, 0.5) is 15.3 Å². The fourth-order valence-electron chi connectivity index (χ4n) is 7.99. The van der Waals surface area contributed by atoms with Crippen LogP contribution in [0.15, 0.2) is 78.9 Å². The summed E-state index contributed by atoms with van der Waals surface area (Å²) in [6, 6.07) is 25.6. The number of hydrogen-bond donors (Lipinski definition) is 4. The van der Waals surface area contributed by atoms with Gasteiger partial charge in [-0.05, 0) is 83.1 Å². The first-order valence-electron chi connectivity index (χ1n) is 18.1. The van der Waals surface area contributed by atoms with E-state index in [9.17, 15) is 9.90 Å². The molecule has 0 radical (unpaired) electrons. The predicted octanol–water partition coefficient (Wildman–Crippen LogP) is 4.80. The Balaban J connectivity index is 1.43. The first kappa shape index (κ1) is 36.9. The Morgan fingerprint density at radius 2 is 1.69 bits per heavy atom. The van der Waals surface area contributed by atoms with Gasteiger partial charge in [0.2, 0.25) is 0 Å². The minimum atomic E-state index is -0.872. The van der Waals surface area contributed by atoms with Crippen molar-refractivity contribution in [1.29, 1.82) is 0 Å². The maximum Gasteiger partial charge on any atom is 0.518 e. The molecule has 3 aromatic carbocycles. The number of benzene rings is 3. The van der Waals surface area contributed by atoms with Gasteiger partial charge in [-0.1, -0.05) is 66.7 Å². The molecule has 5 atom stereocenters. The molecule has 51 heavy (non-hydrogen) atoms. The van der Waals surface area contributed by atoms with Crippen LogP contribution >= 0.6 is 0 Å². The predicted molar refractivity (Wildman–Crippen MR) is 194 cm³/mol. The van der Waals surface area contributed by atoms with E-state index < -0.39 is 41.4 Å². The van der Waals surface area contributed by atoms with Gasteiger partial charge in [0.1, 0.15) is 23.5 Å². The van der Waals surface area contributed by atoms with Crippen LogP contribution in [0, 0.1) is 0 Å². The lowest BCUT2D eigenvalue weighted by atomic mass is 9.90. The summed E-state index contributed by atoms with van der Waals surface area (Å²) in [7, 11) is 0. The number of unbranched alkanes of at least 4 members (excludes halogenated alkanes) is 1. The van der Waals surface area contributed by atoms with E-state index in [-0.39, 0.29) is 31.1 Å². The summed E-state index contributed by atoms with van der Waals surface area (Å²) in [5.74, 6) is -0.814. The number of hydrogen-bond acceptors (Lipinski definition) is 8. The molecule has 0 aromatic heterocycles. The van der Waals surface area contributed by atoms with Crippen molar-refractivity contribution in [3.05, 3.63) is 101 Å². The average Bonchev–Trinajstić information content (AvgIpc) is 3.74. The summed E-state index contributed by atoms with van der Waals surface area (Å²) in [5.41, 5.74) is 15.4. The molecule has 11 heteroatoms. The van der Waals surface area contributed by atoms with Crippen LogP contribution in [-0.4, -0.2) is 75.4 Å². The minimum absolute atomic E-state index is 0.0466. The number of ether oxygens (including phenoxy) is 3. The van der Waals surface area contributed by atoms with Crippen LogP contribution in [0.2, 0.25) is 0 Å². The summed E-state index contributed by atoms with van der Waals surface area (Å²) in [4.78, 5) is 32.0. The smallest absolute Gasteiger partial charge is 0.414 e. The second kappa shape index (κ2) is 14.7. The van der Waals surface area contributed by atoms with Gasteiger partial charge in [0.25, 0.3) is 0 Å². The molecule has 2 aliphatic heterocycles. The van der Waals surface area contributed by atoms with Gasteiger partial charge >= 0.3 is 12.1 Å². The minimum Gasteiger partial charge on any atom is -0.414 e. The normalized spacial score (nSPS) is 25.6. The number of rotatable bonds is 11. The van der Waals surface area contributed by atoms with Crippen LogP contribution in [0.1, 0.15) is 88.2 Å². The lowest BCUT2D eigenvalue weighted by Crippen LogP contribution is -2.83. The Bertz CT molecular complexity index is 1680. The monoisotopic (exact) mass is 700 g/mol. The number of aliphatic hydroxyl groups is 1. The SMILES string of the molecule is CC(C)(C)OC(=O)[NH2+]c1ccc(CN2C(=O)N(CCCCO)[C@]3(C[C@@H]3c3ccccc3)[C@@H]3OC(C)(C)O[C@H]3[C@H]2Cc2ccccc2)cc1C(N)N. The number of nitrogens with two attached hydrogens (primary N) is 3. The van der Waals surface area contributed by atoms with Crippen molar-refractivity contribution in [2.24, 2.45) is 11.5 Å². The van der Waals surface area contributed by atoms with Crippen molar-refractivity contribution in [2.75, 3.05) is 13.2 Å². The van der Waals surface area contributed by atoms with Gasteiger partial charge in [-0.25, -0.2) is 10.1 Å². The Labute approximate surface area is 301 Å². The summed E-state index contributed by atoms with van der Waals surface area (Å²) >= 11 is 0. The van der Waals surface area contributed by atoms with Crippen LogP contribution in [0.5, 0.6) is 0 Å². The zero-order chi connectivity index (χ0) is 36.6. The molecule has 2 saturated heterocycles. The van der Waals surface area contributed by atoms with E-state index in [2.05, 4.69) is 24.3 Å². The standard InChI is InChI=1S/C40H53N5O6/c1-38(2,3)51-36(47)43-31-19-18-27(22-29(31)35(41)42)25-44-32(23-26-14-8-6-9-15-26)33-34(50-39(4,5)49-33)40(45(37(44)48)20-12-13-21-46)24-30(40)28-16-10-7-11-17-28/h6-11,14-19,22,30,32-35,46H,12-13,20-21,23-25,41-42H2,1-5H3,(H,43,47)/p+1/t30-,32-,33+,34-,40+/m1/s1.